The zero-order valence-electron chi connectivity index (χ0n) is 11.3. The number of anilines is 1. The average Bonchev–Trinajstić information content (AvgIpc) is 2.49. The molecule has 0 saturated carbocycles. The van der Waals surface area contributed by atoms with Gasteiger partial charge in [-0.1, -0.05) is 35.3 Å². The van der Waals surface area contributed by atoms with Crippen LogP contribution in [0.25, 0.3) is 0 Å². The Bertz CT molecular complexity index is 677. The number of nitrogens with one attached hydrogen (secondary N) is 2. The van der Waals surface area contributed by atoms with Crippen LogP contribution in [0.2, 0.25) is 10.0 Å². The highest BCUT2D eigenvalue weighted by molar-refractivity contribution is 8.00. The largest absolute Gasteiger partial charge is 0.331 e. The summed E-state index contributed by atoms with van der Waals surface area (Å²) in [6.07, 6.45) is 0. The Morgan fingerprint density at radius 3 is 2.45 bits per heavy atom. The van der Waals surface area contributed by atoms with Crippen LogP contribution < -0.4 is 10.6 Å². The molecule has 0 aliphatic rings. The normalized spacial score (nSPS) is 10.1. The molecule has 0 saturated heterocycles. The Kier molecular flexibility index (Phi) is 6.51. The van der Waals surface area contributed by atoms with Gasteiger partial charge in [-0.05, 0) is 48.6 Å². The maximum atomic E-state index is 11.9. The van der Waals surface area contributed by atoms with E-state index in [-0.39, 0.29) is 16.8 Å². The summed E-state index contributed by atoms with van der Waals surface area (Å²) in [5.41, 5.74) is 0.653. The molecule has 1 amide bonds. The molecule has 0 unspecified atom stereocenters. The number of para-hydroxylation sites is 1. The van der Waals surface area contributed by atoms with E-state index in [0.717, 1.165) is 4.90 Å². The number of hydrogen-bond donors (Lipinski definition) is 2. The van der Waals surface area contributed by atoms with Crippen LogP contribution >= 0.6 is 47.2 Å². The number of halogens is 2. The van der Waals surface area contributed by atoms with Gasteiger partial charge >= 0.3 is 0 Å². The van der Waals surface area contributed by atoms with Crippen molar-refractivity contribution in [2.45, 2.75) is 4.90 Å². The minimum absolute atomic E-state index is 0.190. The van der Waals surface area contributed by atoms with Crippen molar-refractivity contribution in [3.8, 4) is 0 Å². The fourth-order valence-corrected chi connectivity index (χ4v) is 2.79. The van der Waals surface area contributed by atoms with Crippen molar-refractivity contribution in [3.63, 3.8) is 0 Å². The monoisotopic (exact) mass is 370 g/mol. The first-order valence-electron chi connectivity index (χ1n) is 6.28. The summed E-state index contributed by atoms with van der Waals surface area (Å²) in [7, 11) is 0. The Morgan fingerprint density at radius 1 is 1.09 bits per heavy atom. The summed E-state index contributed by atoms with van der Waals surface area (Å²) >= 11 is 18.3. The van der Waals surface area contributed by atoms with Gasteiger partial charge in [0.1, 0.15) is 0 Å². The van der Waals surface area contributed by atoms with Gasteiger partial charge in [0.15, 0.2) is 5.11 Å². The number of carbonyl (C=O) groups excluding carboxylic acids is 1. The Labute approximate surface area is 148 Å². The van der Waals surface area contributed by atoms with E-state index in [1.807, 2.05) is 24.3 Å². The Balaban J connectivity index is 1.80. The van der Waals surface area contributed by atoms with Gasteiger partial charge in [0.2, 0.25) is 5.91 Å². The lowest BCUT2D eigenvalue weighted by Gasteiger charge is -2.10. The van der Waals surface area contributed by atoms with E-state index < -0.39 is 0 Å². The van der Waals surface area contributed by atoms with Crippen molar-refractivity contribution < 1.29 is 4.79 Å². The van der Waals surface area contributed by atoms with Gasteiger partial charge in [0, 0.05) is 9.92 Å². The molecule has 2 rings (SSSR count). The van der Waals surface area contributed by atoms with Crippen molar-refractivity contribution in [3.05, 3.63) is 58.6 Å². The van der Waals surface area contributed by atoms with E-state index in [9.17, 15) is 4.79 Å². The molecule has 7 heteroatoms. The smallest absolute Gasteiger partial charge is 0.236 e. The lowest BCUT2D eigenvalue weighted by molar-refractivity contribution is -0.117. The Morgan fingerprint density at radius 2 is 1.77 bits per heavy atom. The second kappa shape index (κ2) is 8.39. The highest BCUT2D eigenvalue weighted by Gasteiger charge is 2.07. The number of hydrogen-bond acceptors (Lipinski definition) is 3. The van der Waals surface area contributed by atoms with Crippen LogP contribution in [-0.4, -0.2) is 16.8 Å². The molecule has 0 aliphatic carbocycles. The van der Waals surface area contributed by atoms with Gasteiger partial charge in [-0.15, -0.1) is 11.8 Å². The molecule has 2 aromatic carbocycles. The summed E-state index contributed by atoms with van der Waals surface area (Å²) in [5.74, 6) is 0.0657. The molecule has 0 bridgehead atoms. The molecule has 2 aromatic rings. The average molecular weight is 371 g/mol. The van der Waals surface area contributed by atoms with E-state index in [4.69, 9.17) is 35.4 Å². The van der Waals surface area contributed by atoms with Crippen LogP contribution in [-0.2, 0) is 4.79 Å². The first-order chi connectivity index (χ1) is 10.5. The van der Waals surface area contributed by atoms with E-state index in [2.05, 4.69) is 10.6 Å². The number of amides is 1. The van der Waals surface area contributed by atoms with E-state index >= 15 is 0 Å². The Hall–Kier alpha value is -1.27. The van der Waals surface area contributed by atoms with Gasteiger partial charge in [-0.2, -0.15) is 0 Å². The SMILES string of the molecule is O=C(CSc1ccc(Cl)cc1)NC(=S)Nc1ccccc1Cl. The fourth-order valence-electron chi connectivity index (χ4n) is 1.56. The molecule has 0 atom stereocenters. The molecule has 2 N–H and O–H groups in total. The minimum Gasteiger partial charge on any atom is -0.331 e. The molecule has 0 aromatic heterocycles. The van der Waals surface area contributed by atoms with Crippen LogP contribution in [0.4, 0.5) is 5.69 Å². The van der Waals surface area contributed by atoms with Crippen LogP contribution in [0.15, 0.2) is 53.4 Å². The van der Waals surface area contributed by atoms with E-state index in [1.165, 1.54) is 11.8 Å². The van der Waals surface area contributed by atoms with Gasteiger partial charge in [-0.3, -0.25) is 4.79 Å². The summed E-state index contributed by atoms with van der Waals surface area (Å²) in [6.45, 7) is 0. The first kappa shape index (κ1) is 17.1. The second-order valence-corrected chi connectivity index (χ2v) is 6.53. The summed E-state index contributed by atoms with van der Waals surface area (Å²) < 4.78 is 0. The molecule has 114 valence electrons. The number of rotatable bonds is 4. The number of thioether (sulfide) groups is 1. The molecule has 0 spiro atoms. The van der Waals surface area contributed by atoms with Crippen LogP contribution in [0.1, 0.15) is 0 Å². The predicted molar refractivity (Wildman–Crippen MR) is 98.0 cm³/mol. The van der Waals surface area contributed by atoms with Crippen molar-refractivity contribution in [2.75, 3.05) is 11.1 Å². The van der Waals surface area contributed by atoms with Crippen LogP contribution in [0, 0.1) is 0 Å². The summed E-state index contributed by atoms with van der Waals surface area (Å²) in [4.78, 5) is 12.8. The van der Waals surface area contributed by atoms with Gasteiger partial charge in [0.25, 0.3) is 0 Å². The number of benzene rings is 2. The van der Waals surface area contributed by atoms with Crippen molar-refractivity contribution in [1.82, 2.24) is 5.32 Å². The van der Waals surface area contributed by atoms with Crippen LogP contribution in [0.5, 0.6) is 0 Å². The topological polar surface area (TPSA) is 41.1 Å². The molecule has 0 heterocycles. The first-order valence-corrected chi connectivity index (χ1v) is 8.43. The fraction of sp³-hybridized carbons (Fsp3) is 0.0667. The molecule has 3 nitrogen and oxygen atoms in total. The lowest BCUT2D eigenvalue weighted by Crippen LogP contribution is -2.35. The predicted octanol–water partition coefficient (Wildman–Crippen LogP) is 4.60. The number of carbonyl (C=O) groups is 1. The van der Waals surface area contributed by atoms with Gasteiger partial charge < -0.3 is 10.6 Å². The second-order valence-electron chi connectivity index (χ2n) is 4.22. The molecule has 0 fully saturated rings. The van der Waals surface area contributed by atoms with E-state index in [1.54, 1.807) is 24.3 Å². The molecular weight excluding hydrogens is 359 g/mol. The molecular formula is C15H12Cl2N2OS2. The third-order valence-electron chi connectivity index (χ3n) is 2.56. The molecule has 0 aliphatic heterocycles. The van der Waals surface area contributed by atoms with Crippen molar-refractivity contribution >= 4 is 63.9 Å². The summed E-state index contributed by atoms with van der Waals surface area (Å²) in [5, 5.41) is 6.92. The van der Waals surface area contributed by atoms with E-state index in [0.29, 0.717) is 15.7 Å². The van der Waals surface area contributed by atoms with Crippen LogP contribution in [0.3, 0.4) is 0 Å². The minimum atomic E-state index is -0.190. The van der Waals surface area contributed by atoms with Gasteiger partial charge in [-0.25, -0.2) is 0 Å². The number of thiocarbonyl (C=S) groups is 1. The maximum absolute atomic E-state index is 11.9. The molecule has 22 heavy (non-hydrogen) atoms. The maximum Gasteiger partial charge on any atom is 0.236 e. The van der Waals surface area contributed by atoms with Crippen molar-refractivity contribution in [1.29, 1.82) is 0 Å². The zero-order valence-corrected chi connectivity index (χ0v) is 14.5. The quantitative estimate of drug-likeness (QED) is 0.609. The highest BCUT2D eigenvalue weighted by Crippen LogP contribution is 2.21. The molecule has 0 radical (unpaired) electrons. The van der Waals surface area contributed by atoms with Crippen molar-refractivity contribution in [2.24, 2.45) is 0 Å². The standard InChI is InChI=1S/C15H12Cl2N2OS2/c16-10-5-7-11(8-6-10)22-9-14(20)19-15(21)18-13-4-2-1-3-12(13)17/h1-8H,9H2,(H2,18,19,20,21). The lowest BCUT2D eigenvalue weighted by atomic mass is 10.3. The highest BCUT2D eigenvalue weighted by atomic mass is 35.5. The van der Waals surface area contributed by atoms with Gasteiger partial charge in [0.05, 0.1) is 16.5 Å². The third kappa shape index (κ3) is 5.50. The summed E-state index contributed by atoms with van der Waals surface area (Å²) in [6, 6.07) is 14.5. The third-order valence-corrected chi connectivity index (χ3v) is 4.36. The zero-order chi connectivity index (χ0) is 15.9.